The van der Waals surface area contributed by atoms with Crippen LogP contribution in [0.2, 0.25) is 0 Å². The molecular formula is C22H17BrN2O3S. The van der Waals surface area contributed by atoms with Crippen molar-refractivity contribution in [2.24, 2.45) is 0 Å². The first kappa shape index (κ1) is 19.5. The zero-order valence-electron chi connectivity index (χ0n) is 15.6. The predicted octanol–water partition coefficient (Wildman–Crippen LogP) is 5.20. The number of fused-ring (bicyclic) bond motifs is 1. The van der Waals surface area contributed by atoms with Gasteiger partial charge in [0.2, 0.25) is 0 Å². The molecular weight excluding hydrogens is 452 g/mol. The zero-order valence-corrected chi connectivity index (χ0v) is 18.0. The molecule has 2 heterocycles. The lowest BCUT2D eigenvalue weighted by Crippen LogP contribution is -2.21. The van der Waals surface area contributed by atoms with Gasteiger partial charge >= 0.3 is 5.97 Å². The Balaban J connectivity index is 1.86. The number of benzene rings is 2. The molecule has 0 atom stereocenters. The molecule has 7 heteroatoms. The smallest absolute Gasteiger partial charge is 0.335 e. The summed E-state index contributed by atoms with van der Waals surface area (Å²) in [5, 5.41) is 9.82. The summed E-state index contributed by atoms with van der Waals surface area (Å²) in [6.07, 6.45) is 2.35. The summed E-state index contributed by atoms with van der Waals surface area (Å²) in [7, 11) is 0. The molecule has 0 aliphatic carbocycles. The van der Waals surface area contributed by atoms with Gasteiger partial charge in [-0.05, 0) is 41.8 Å². The van der Waals surface area contributed by atoms with E-state index in [1.54, 1.807) is 29.8 Å². The third kappa shape index (κ3) is 3.75. The van der Waals surface area contributed by atoms with Crippen LogP contribution in [-0.2, 0) is 13.0 Å². The molecule has 4 aromatic rings. The van der Waals surface area contributed by atoms with Crippen LogP contribution in [0.4, 0.5) is 0 Å². The molecule has 0 unspecified atom stereocenters. The highest BCUT2D eigenvalue weighted by molar-refractivity contribution is 9.10. The maximum atomic E-state index is 13.3. The van der Waals surface area contributed by atoms with Gasteiger partial charge in [-0.2, -0.15) is 0 Å². The van der Waals surface area contributed by atoms with Gasteiger partial charge in [0.1, 0.15) is 4.83 Å². The van der Waals surface area contributed by atoms with Gasteiger partial charge in [0.25, 0.3) is 5.56 Å². The number of carboxylic acids is 1. The topological polar surface area (TPSA) is 72.2 Å². The molecule has 4 rings (SSSR count). The summed E-state index contributed by atoms with van der Waals surface area (Å²) in [4.78, 5) is 30.9. The number of aromatic nitrogens is 2. The molecule has 0 fully saturated rings. The summed E-state index contributed by atoms with van der Waals surface area (Å²) >= 11 is 5.00. The van der Waals surface area contributed by atoms with E-state index < -0.39 is 5.97 Å². The normalized spacial score (nSPS) is 11.1. The van der Waals surface area contributed by atoms with Gasteiger partial charge in [0.15, 0.2) is 0 Å². The first-order valence-corrected chi connectivity index (χ1v) is 10.7. The average Bonchev–Trinajstić information content (AvgIpc) is 3.10. The number of thiophene rings is 1. The van der Waals surface area contributed by atoms with Gasteiger partial charge in [0, 0.05) is 14.9 Å². The number of carboxylic acid groups (broad SMARTS) is 1. The van der Waals surface area contributed by atoms with E-state index in [2.05, 4.69) is 27.8 Å². The molecule has 0 saturated heterocycles. The second-order valence-electron chi connectivity index (χ2n) is 6.62. The molecule has 146 valence electrons. The second kappa shape index (κ2) is 7.93. The van der Waals surface area contributed by atoms with Crippen molar-refractivity contribution in [1.82, 2.24) is 9.55 Å². The van der Waals surface area contributed by atoms with E-state index in [1.807, 2.05) is 30.3 Å². The molecule has 0 amide bonds. The van der Waals surface area contributed by atoms with Crippen LogP contribution in [-0.4, -0.2) is 20.6 Å². The van der Waals surface area contributed by atoms with Crippen LogP contribution in [0.1, 0.15) is 27.7 Å². The van der Waals surface area contributed by atoms with Crippen LogP contribution in [0.5, 0.6) is 0 Å². The van der Waals surface area contributed by atoms with Crippen molar-refractivity contribution in [3.63, 3.8) is 0 Å². The fraction of sp³-hybridized carbons (Fsp3) is 0.136. The van der Waals surface area contributed by atoms with Crippen LogP contribution in [0.15, 0.2) is 64.1 Å². The number of nitrogens with zero attached hydrogens (tertiary/aromatic N) is 2. The highest BCUT2D eigenvalue weighted by atomic mass is 79.9. The fourth-order valence-electron chi connectivity index (χ4n) is 3.36. The number of aromatic carboxylic acids is 1. The Labute approximate surface area is 179 Å². The Hall–Kier alpha value is -2.77. The van der Waals surface area contributed by atoms with E-state index in [1.165, 1.54) is 10.6 Å². The Kier molecular flexibility index (Phi) is 5.34. The Morgan fingerprint density at radius 1 is 1.21 bits per heavy atom. The van der Waals surface area contributed by atoms with E-state index in [0.29, 0.717) is 5.39 Å². The number of aryl methyl sites for hydroxylation is 1. The minimum absolute atomic E-state index is 0.121. The van der Waals surface area contributed by atoms with Gasteiger partial charge in [-0.15, -0.1) is 11.3 Å². The summed E-state index contributed by atoms with van der Waals surface area (Å²) in [5.74, 6) is -0.990. The summed E-state index contributed by atoms with van der Waals surface area (Å²) in [5.41, 5.74) is 2.74. The molecule has 29 heavy (non-hydrogen) atoms. The van der Waals surface area contributed by atoms with Crippen molar-refractivity contribution in [2.45, 2.75) is 19.9 Å². The maximum Gasteiger partial charge on any atom is 0.335 e. The van der Waals surface area contributed by atoms with Gasteiger partial charge in [0.05, 0.1) is 23.8 Å². The molecule has 0 aliphatic heterocycles. The highest BCUT2D eigenvalue weighted by Gasteiger charge is 2.18. The molecule has 0 saturated carbocycles. The molecule has 0 aliphatic rings. The monoisotopic (exact) mass is 468 g/mol. The van der Waals surface area contributed by atoms with Crippen molar-refractivity contribution in [2.75, 3.05) is 0 Å². The number of rotatable bonds is 5. The SMILES string of the molecule is CCc1sc2ncn(Cc3cccc(C(=O)O)c3)c(=O)c2c1-c1ccc(Br)cc1. The van der Waals surface area contributed by atoms with Crippen LogP contribution >= 0.6 is 27.3 Å². The Bertz CT molecular complexity index is 1280. The lowest BCUT2D eigenvalue weighted by Gasteiger charge is -2.08. The van der Waals surface area contributed by atoms with Gasteiger partial charge < -0.3 is 5.11 Å². The summed E-state index contributed by atoms with van der Waals surface area (Å²) in [6.45, 7) is 2.34. The maximum absolute atomic E-state index is 13.3. The average molecular weight is 469 g/mol. The van der Waals surface area contributed by atoms with Crippen molar-refractivity contribution >= 4 is 43.5 Å². The molecule has 0 bridgehead atoms. The molecule has 2 aromatic carbocycles. The van der Waals surface area contributed by atoms with Crippen molar-refractivity contribution < 1.29 is 9.90 Å². The van der Waals surface area contributed by atoms with Gasteiger partial charge in [-0.1, -0.05) is 47.1 Å². The van der Waals surface area contributed by atoms with Crippen LogP contribution in [0, 0.1) is 0 Å². The standard InChI is InChI=1S/C22H17BrN2O3S/c1-2-17-18(14-6-8-16(23)9-7-14)19-20(29-17)24-12-25(21(19)26)11-13-4-3-5-15(10-13)22(27)28/h3-10,12H,2,11H2,1H3,(H,27,28). The molecule has 0 radical (unpaired) electrons. The summed E-state index contributed by atoms with van der Waals surface area (Å²) < 4.78 is 2.52. The lowest BCUT2D eigenvalue weighted by atomic mass is 10.0. The predicted molar refractivity (Wildman–Crippen MR) is 119 cm³/mol. The zero-order chi connectivity index (χ0) is 20.5. The van der Waals surface area contributed by atoms with Gasteiger partial charge in [-0.3, -0.25) is 9.36 Å². The van der Waals surface area contributed by atoms with E-state index in [-0.39, 0.29) is 17.7 Å². The van der Waals surface area contributed by atoms with E-state index in [9.17, 15) is 14.7 Å². The third-order valence-corrected chi connectivity index (χ3v) is 6.50. The van der Waals surface area contributed by atoms with E-state index in [4.69, 9.17) is 0 Å². The Morgan fingerprint density at radius 2 is 1.97 bits per heavy atom. The highest BCUT2D eigenvalue weighted by Crippen LogP contribution is 2.36. The van der Waals surface area contributed by atoms with E-state index in [0.717, 1.165) is 37.3 Å². The second-order valence-corrected chi connectivity index (χ2v) is 8.62. The first-order valence-electron chi connectivity index (χ1n) is 9.07. The number of hydrogen-bond acceptors (Lipinski definition) is 4. The number of carbonyl (C=O) groups is 1. The minimum Gasteiger partial charge on any atom is -0.478 e. The minimum atomic E-state index is -0.990. The van der Waals surface area contributed by atoms with Gasteiger partial charge in [-0.25, -0.2) is 9.78 Å². The largest absolute Gasteiger partial charge is 0.478 e. The van der Waals surface area contributed by atoms with Crippen LogP contribution in [0.25, 0.3) is 21.3 Å². The fourth-order valence-corrected chi connectivity index (χ4v) is 4.71. The Morgan fingerprint density at radius 3 is 2.66 bits per heavy atom. The van der Waals surface area contributed by atoms with Crippen molar-refractivity contribution in [1.29, 1.82) is 0 Å². The van der Waals surface area contributed by atoms with E-state index >= 15 is 0 Å². The third-order valence-electron chi connectivity index (χ3n) is 4.73. The number of hydrogen-bond donors (Lipinski definition) is 1. The summed E-state index contributed by atoms with van der Waals surface area (Å²) in [6, 6.07) is 14.5. The molecule has 1 N–H and O–H groups in total. The quantitative estimate of drug-likeness (QED) is 0.436. The lowest BCUT2D eigenvalue weighted by molar-refractivity contribution is 0.0696. The molecule has 2 aromatic heterocycles. The van der Waals surface area contributed by atoms with Crippen molar-refractivity contribution in [3.8, 4) is 11.1 Å². The first-order chi connectivity index (χ1) is 14.0. The number of halogens is 1. The molecule has 0 spiro atoms. The molecule has 5 nitrogen and oxygen atoms in total. The van der Waals surface area contributed by atoms with Crippen molar-refractivity contribution in [3.05, 3.63) is 85.7 Å². The van der Waals surface area contributed by atoms with Crippen LogP contribution in [0.3, 0.4) is 0 Å². The van der Waals surface area contributed by atoms with Crippen LogP contribution < -0.4 is 5.56 Å².